The first-order valence-corrected chi connectivity index (χ1v) is 7.65. The van der Waals surface area contributed by atoms with Gasteiger partial charge in [-0.1, -0.05) is 13.8 Å². The zero-order chi connectivity index (χ0) is 12.5. The van der Waals surface area contributed by atoms with E-state index in [0.29, 0.717) is 11.1 Å². The van der Waals surface area contributed by atoms with E-state index in [2.05, 4.69) is 27.7 Å². The molecule has 0 aliphatic heterocycles. The van der Waals surface area contributed by atoms with Crippen molar-refractivity contribution in [1.29, 1.82) is 0 Å². The van der Waals surface area contributed by atoms with Crippen molar-refractivity contribution in [2.45, 2.75) is 90.1 Å². The van der Waals surface area contributed by atoms with E-state index in [9.17, 15) is 0 Å². The molecule has 2 saturated carbocycles. The van der Waals surface area contributed by atoms with Crippen LogP contribution in [0.25, 0.3) is 0 Å². The standard InChI is InChI=1S/C16H30N/c1-13-5-9-15(3,10-6-13)17-16(4)11-7-14(2)8-12-16/h13-14H,5-12H2,1-4H3. The minimum atomic E-state index is 0.293. The molecular formula is C16H30N. The normalized spacial score (nSPS) is 48.0. The molecule has 0 atom stereocenters. The van der Waals surface area contributed by atoms with Crippen molar-refractivity contribution in [3.63, 3.8) is 0 Å². The second kappa shape index (κ2) is 4.91. The first-order chi connectivity index (χ1) is 7.91. The fraction of sp³-hybridized carbons (Fsp3) is 1.00. The monoisotopic (exact) mass is 236 g/mol. The Labute approximate surface area is 108 Å². The van der Waals surface area contributed by atoms with Crippen LogP contribution in [0.5, 0.6) is 0 Å². The van der Waals surface area contributed by atoms with Crippen LogP contribution >= 0.6 is 0 Å². The van der Waals surface area contributed by atoms with Crippen LogP contribution in [0.4, 0.5) is 0 Å². The summed E-state index contributed by atoms with van der Waals surface area (Å²) in [5, 5.41) is 5.33. The molecule has 1 nitrogen and oxygen atoms in total. The third-order valence-electron chi connectivity index (χ3n) is 5.24. The van der Waals surface area contributed by atoms with E-state index in [1.54, 1.807) is 0 Å². The molecule has 0 bridgehead atoms. The Kier molecular flexibility index (Phi) is 3.87. The fourth-order valence-electron chi connectivity index (χ4n) is 3.64. The molecule has 0 heterocycles. The van der Waals surface area contributed by atoms with E-state index < -0.39 is 0 Å². The lowest BCUT2D eigenvalue weighted by molar-refractivity contribution is 0.112. The Morgan fingerprint density at radius 1 is 0.706 bits per heavy atom. The van der Waals surface area contributed by atoms with Gasteiger partial charge in [-0.15, -0.1) is 0 Å². The van der Waals surface area contributed by atoms with Crippen molar-refractivity contribution in [3.05, 3.63) is 0 Å². The van der Waals surface area contributed by atoms with Gasteiger partial charge in [0.1, 0.15) is 0 Å². The summed E-state index contributed by atoms with van der Waals surface area (Å²) in [6.07, 6.45) is 10.8. The van der Waals surface area contributed by atoms with Crippen molar-refractivity contribution in [2.24, 2.45) is 11.8 Å². The summed E-state index contributed by atoms with van der Waals surface area (Å²) in [7, 11) is 0. The minimum Gasteiger partial charge on any atom is -0.229 e. The molecular weight excluding hydrogens is 206 g/mol. The van der Waals surface area contributed by atoms with Gasteiger partial charge >= 0.3 is 0 Å². The van der Waals surface area contributed by atoms with Crippen LogP contribution in [-0.2, 0) is 0 Å². The highest BCUT2D eigenvalue weighted by molar-refractivity contribution is 4.97. The van der Waals surface area contributed by atoms with Crippen LogP contribution in [0.1, 0.15) is 79.1 Å². The Morgan fingerprint density at radius 3 is 1.29 bits per heavy atom. The van der Waals surface area contributed by atoms with Gasteiger partial charge < -0.3 is 0 Å². The summed E-state index contributed by atoms with van der Waals surface area (Å²) in [6, 6.07) is 0. The topological polar surface area (TPSA) is 14.1 Å². The highest BCUT2D eigenvalue weighted by atomic mass is 15.0. The number of rotatable bonds is 2. The third kappa shape index (κ3) is 3.47. The summed E-state index contributed by atoms with van der Waals surface area (Å²) in [4.78, 5) is 0. The second-order valence-corrected chi connectivity index (χ2v) is 7.47. The summed E-state index contributed by atoms with van der Waals surface area (Å²) >= 11 is 0. The van der Waals surface area contributed by atoms with E-state index in [1.165, 1.54) is 51.4 Å². The van der Waals surface area contributed by atoms with Crippen molar-refractivity contribution in [2.75, 3.05) is 0 Å². The summed E-state index contributed by atoms with van der Waals surface area (Å²) < 4.78 is 0. The summed E-state index contributed by atoms with van der Waals surface area (Å²) in [5.41, 5.74) is 0.587. The molecule has 0 unspecified atom stereocenters. The zero-order valence-corrected chi connectivity index (χ0v) is 12.3. The molecule has 0 aromatic heterocycles. The molecule has 1 heteroatoms. The van der Waals surface area contributed by atoms with E-state index in [4.69, 9.17) is 5.32 Å². The molecule has 1 radical (unpaired) electrons. The SMILES string of the molecule is CC1CCC(C)([N]C2(C)CCC(C)CC2)CC1. The van der Waals surface area contributed by atoms with Crippen molar-refractivity contribution >= 4 is 0 Å². The first-order valence-electron chi connectivity index (χ1n) is 7.65. The van der Waals surface area contributed by atoms with Crippen LogP contribution in [0, 0.1) is 11.8 Å². The molecule has 0 aromatic rings. The van der Waals surface area contributed by atoms with Gasteiger partial charge in [-0.3, -0.25) is 0 Å². The fourth-order valence-corrected chi connectivity index (χ4v) is 3.64. The van der Waals surface area contributed by atoms with Crippen LogP contribution in [-0.4, -0.2) is 11.1 Å². The maximum Gasteiger partial charge on any atom is 0.0335 e. The predicted molar refractivity (Wildman–Crippen MR) is 74.2 cm³/mol. The molecule has 0 aromatic carbocycles. The molecule has 0 spiro atoms. The van der Waals surface area contributed by atoms with Crippen molar-refractivity contribution < 1.29 is 0 Å². The number of hydrogen-bond acceptors (Lipinski definition) is 0. The van der Waals surface area contributed by atoms with Crippen LogP contribution < -0.4 is 5.32 Å². The van der Waals surface area contributed by atoms with E-state index in [1.807, 2.05) is 0 Å². The maximum absolute atomic E-state index is 5.33. The van der Waals surface area contributed by atoms with E-state index in [-0.39, 0.29) is 0 Å². The number of hydrogen-bond donors (Lipinski definition) is 0. The lowest BCUT2D eigenvalue weighted by Gasteiger charge is -2.45. The summed E-state index contributed by atoms with van der Waals surface area (Å²) in [6.45, 7) is 9.59. The van der Waals surface area contributed by atoms with Crippen LogP contribution in [0.2, 0.25) is 0 Å². The Bertz CT molecular complexity index is 216. The average molecular weight is 236 g/mol. The van der Waals surface area contributed by atoms with Gasteiger partial charge in [0.15, 0.2) is 0 Å². The highest BCUT2D eigenvalue weighted by Gasteiger charge is 2.39. The third-order valence-corrected chi connectivity index (χ3v) is 5.24. The molecule has 99 valence electrons. The molecule has 0 N–H and O–H groups in total. The van der Waals surface area contributed by atoms with Gasteiger partial charge in [-0.2, -0.15) is 0 Å². The molecule has 2 aliphatic carbocycles. The molecule has 0 amide bonds. The van der Waals surface area contributed by atoms with Crippen LogP contribution in [0.3, 0.4) is 0 Å². The lowest BCUT2D eigenvalue weighted by atomic mass is 9.73. The van der Waals surface area contributed by atoms with Crippen molar-refractivity contribution in [3.8, 4) is 0 Å². The van der Waals surface area contributed by atoms with Gasteiger partial charge in [0, 0.05) is 11.1 Å². The summed E-state index contributed by atoms with van der Waals surface area (Å²) in [5.74, 6) is 1.86. The van der Waals surface area contributed by atoms with Gasteiger partial charge in [0.25, 0.3) is 0 Å². The van der Waals surface area contributed by atoms with Crippen LogP contribution in [0.15, 0.2) is 0 Å². The number of nitrogens with zero attached hydrogens (tertiary/aromatic N) is 1. The van der Waals surface area contributed by atoms with Crippen molar-refractivity contribution in [1.82, 2.24) is 5.32 Å². The smallest absolute Gasteiger partial charge is 0.0335 e. The Balaban J connectivity index is 1.91. The molecule has 17 heavy (non-hydrogen) atoms. The zero-order valence-electron chi connectivity index (χ0n) is 12.3. The Morgan fingerprint density at radius 2 is 1.00 bits per heavy atom. The maximum atomic E-state index is 5.33. The molecule has 0 saturated heterocycles. The quantitative estimate of drug-likeness (QED) is 0.669. The van der Waals surface area contributed by atoms with Gasteiger partial charge in [-0.25, -0.2) is 5.32 Å². The second-order valence-electron chi connectivity index (χ2n) is 7.47. The predicted octanol–water partition coefficient (Wildman–Crippen LogP) is 4.53. The highest BCUT2D eigenvalue weighted by Crippen LogP contribution is 2.39. The lowest BCUT2D eigenvalue weighted by Crippen LogP contribution is -2.52. The average Bonchev–Trinajstić information content (AvgIpc) is 2.28. The Hall–Kier alpha value is -0.0400. The molecule has 2 rings (SSSR count). The van der Waals surface area contributed by atoms with Gasteiger partial charge in [-0.05, 0) is 77.0 Å². The largest absolute Gasteiger partial charge is 0.229 e. The molecule has 2 fully saturated rings. The minimum absolute atomic E-state index is 0.293. The van der Waals surface area contributed by atoms with Gasteiger partial charge in [0.05, 0.1) is 0 Å². The van der Waals surface area contributed by atoms with E-state index in [0.717, 1.165) is 11.8 Å². The first kappa shape index (κ1) is 13.4. The van der Waals surface area contributed by atoms with Gasteiger partial charge in [0.2, 0.25) is 0 Å². The molecule has 2 aliphatic rings. The van der Waals surface area contributed by atoms with E-state index >= 15 is 0 Å².